The van der Waals surface area contributed by atoms with Crippen molar-refractivity contribution in [3.8, 4) is 0 Å². The predicted octanol–water partition coefficient (Wildman–Crippen LogP) is 3.58. The highest BCUT2D eigenvalue weighted by atomic mass is 16.5. The van der Waals surface area contributed by atoms with E-state index in [1.165, 1.54) is 5.01 Å². The molecule has 5 rings (SSSR count). The first-order valence-electron chi connectivity index (χ1n) is 16.0. The number of cyclic esters (lactones) is 1. The fourth-order valence-electron chi connectivity index (χ4n) is 6.40. The van der Waals surface area contributed by atoms with Gasteiger partial charge in [-0.1, -0.05) is 44.2 Å². The molecule has 2 fully saturated rings. The molecule has 0 radical (unpaired) electrons. The molecule has 2 aromatic rings. The Morgan fingerprint density at radius 2 is 1.76 bits per heavy atom. The van der Waals surface area contributed by atoms with Crippen LogP contribution in [0.2, 0.25) is 0 Å². The fraction of sp³-hybridized carbons (Fsp3) is 0.559. The first-order chi connectivity index (χ1) is 21.5. The molecular formula is C34H45N5O6. The van der Waals surface area contributed by atoms with Crippen molar-refractivity contribution in [3.63, 3.8) is 0 Å². The number of methoxy groups -OCH3 is 1. The first-order valence-corrected chi connectivity index (χ1v) is 16.0. The lowest BCUT2D eigenvalue weighted by Crippen LogP contribution is -2.61. The van der Waals surface area contributed by atoms with Crippen molar-refractivity contribution in [1.29, 1.82) is 0 Å². The lowest BCUT2D eigenvalue weighted by atomic mass is 9.71. The number of carbonyl (C=O) groups excluding carboxylic acids is 4. The number of nitrogens with one attached hydrogen (secondary N) is 3. The Morgan fingerprint density at radius 3 is 2.47 bits per heavy atom. The van der Waals surface area contributed by atoms with E-state index in [0.29, 0.717) is 50.8 Å². The van der Waals surface area contributed by atoms with Gasteiger partial charge in [0, 0.05) is 19.0 Å². The quantitative estimate of drug-likeness (QED) is 0.434. The third kappa shape index (κ3) is 7.20. The van der Waals surface area contributed by atoms with Gasteiger partial charge in [0.05, 0.1) is 22.7 Å². The van der Waals surface area contributed by atoms with E-state index < -0.39 is 41.5 Å². The highest BCUT2D eigenvalue weighted by Gasteiger charge is 2.42. The molecule has 5 bridgehead atoms. The number of benzene rings is 1. The number of nitrogens with zero attached hydrogens (tertiary/aromatic N) is 2. The number of hydrazine groups is 1. The predicted molar refractivity (Wildman–Crippen MR) is 169 cm³/mol. The molecule has 11 heteroatoms. The second-order valence-electron chi connectivity index (χ2n) is 12.9. The van der Waals surface area contributed by atoms with Gasteiger partial charge in [-0.3, -0.25) is 24.2 Å². The fourth-order valence-corrected chi connectivity index (χ4v) is 6.40. The summed E-state index contributed by atoms with van der Waals surface area (Å²) in [5.41, 5.74) is 4.38. The van der Waals surface area contributed by atoms with Crippen LogP contribution in [0, 0.1) is 11.3 Å². The zero-order valence-electron chi connectivity index (χ0n) is 26.8. The normalized spacial score (nSPS) is 31.1. The van der Waals surface area contributed by atoms with Crippen LogP contribution in [0.1, 0.15) is 83.6 Å². The lowest BCUT2D eigenvalue weighted by Gasteiger charge is -2.38. The van der Waals surface area contributed by atoms with Crippen LogP contribution in [0.5, 0.6) is 0 Å². The number of aromatic nitrogens is 1. The maximum Gasteiger partial charge on any atom is 0.325 e. The lowest BCUT2D eigenvalue weighted by molar-refractivity contribution is -0.157. The molecule has 2 aliphatic heterocycles. The Balaban J connectivity index is 1.53. The van der Waals surface area contributed by atoms with Crippen molar-refractivity contribution in [2.45, 2.75) is 96.6 Å². The van der Waals surface area contributed by atoms with Gasteiger partial charge in [0.1, 0.15) is 24.2 Å². The summed E-state index contributed by atoms with van der Waals surface area (Å²) in [5.74, 6) is -1.75. The van der Waals surface area contributed by atoms with E-state index in [0.717, 1.165) is 16.5 Å². The Labute approximate surface area is 264 Å². The van der Waals surface area contributed by atoms with Gasteiger partial charge in [0.15, 0.2) is 0 Å². The smallest absolute Gasteiger partial charge is 0.325 e. The zero-order chi connectivity index (χ0) is 32.3. The van der Waals surface area contributed by atoms with Crippen molar-refractivity contribution >= 4 is 40.7 Å². The van der Waals surface area contributed by atoms with Crippen LogP contribution >= 0.6 is 0 Å². The van der Waals surface area contributed by atoms with Crippen LogP contribution in [0.4, 0.5) is 0 Å². The number of esters is 1. The molecule has 242 valence electrons. The van der Waals surface area contributed by atoms with Crippen molar-refractivity contribution in [2.24, 2.45) is 11.3 Å². The van der Waals surface area contributed by atoms with Crippen LogP contribution in [0.3, 0.4) is 0 Å². The minimum Gasteiger partial charge on any atom is -0.455 e. The standard InChI is InChI=1S/C34H45N5O6/c1-20(2)29-30(40)35-21(3)31(41)39-18-6-7-27(38-39)32(42)45-22(4)26-11-10-24-9-8-23(19-28(24)36-26)12-15-34(33(43)37-29)16-13-25(44-5)14-17-34/h8-12,15,19-22,25,27,29,38H,6-7,13-14,16-18H2,1-5H3,(H,35,40)(H,37,43)/b15-12+/t21-,22+,25-,27-,29?,34+/m0/s1. The van der Waals surface area contributed by atoms with E-state index in [-0.39, 0.29) is 23.8 Å². The third-order valence-electron chi connectivity index (χ3n) is 9.35. The molecule has 45 heavy (non-hydrogen) atoms. The van der Waals surface area contributed by atoms with Crippen molar-refractivity contribution in [1.82, 2.24) is 26.1 Å². The average molecular weight is 620 g/mol. The molecule has 11 nitrogen and oxygen atoms in total. The monoisotopic (exact) mass is 619 g/mol. The molecule has 3 heterocycles. The van der Waals surface area contributed by atoms with Crippen LogP contribution < -0.4 is 16.1 Å². The molecule has 3 N–H and O–H groups in total. The van der Waals surface area contributed by atoms with Crippen LogP contribution in [-0.4, -0.2) is 71.6 Å². The highest BCUT2D eigenvalue weighted by Crippen LogP contribution is 2.40. The van der Waals surface area contributed by atoms with Gasteiger partial charge in [-0.25, -0.2) is 10.4 Å². The summed E-state index contributed by atoms with van der Waals surface area (Å²) in [4.78, 5) is 59.0. The SMILES string of the molecule is CO[C@H]1CC[C@]2(/C=C/c3ccc4ccc(nc4c3)[C@@H](C)OC(=O)[C@@H]3CCCN(N3)C(=O)[C@H](C)NC(=O)C(C(C)C)NC2=O)CC1. The second kappa shape index (κ2) is 13.7. The minimum absolute atomic E-state index is 0.0698. The summed E-state index contributed by atoms with van der Waals surface area (Å²) >= 11 is 0. The molecule has 4 atom stereocenters. The number of fused-ring (bicyclic) bond motifs is 4. The number of hydrogen-bond acceptors (Lipinski definition) is 8. The van der Waals surface area contributed by atoms with E-state index >= 15 is 0 Å². The Kier molecular flexibility index (Phi) is 9.88. The van der Waals surface area contributed by atoms with Crippen LogP contribution in [-0.2, 0) is 28.7 Å². The Morgan fingerprint density at radius 1 is 1.02 bits per heavy atom. The summed E-state index contributed by atoms with van der Waals surface area (Å²) in [7, 11) is 1.69. The second-order valence-corrected chi connectivity index (χ2v) is 12.9. The average Bonchev–Trinajstić information content (AvgIpc) is 3.04. The van der Waals surface area contributed by atoms with E-state index in [1.54, 1.807) is 21.0 Å². The summed E-state index contributed by atoms with van der Waals surface area (Å²) in [6, 6.07) is 7.25. The number of hydrogen-bond donors (Lipinski definition) is 3. The van der Waals surface area contributed by atoms with Crippen molar-refractivity contribution in [3.05, 3.63) is 47.7 Å². The van der Waals surface area contributed by atoms with Gasteiger partial charge in [0.25, 0.3) is 5.91 Å². The van der Waals surface area contributed by atoms with Gasteiger partial charge < -0.3 is 20.1 Å². The molecule has 3 aliphatic rings. The van der Waals surface area contributed by atoms with Gasteiger partial charge in [-0.2, -0.15) is 0 Å². The number of carbonyl (C=O) groups is 4. The van der Waals surface area contributed by atoms with E-state index in [9.17, 15) is 19.2 Å². The summed E-state index contributed by atoms with van der Waals surface area (Å²) in [5, 5.41) is 8.15. The summed E-state index contributed by atoms with van der Waals surface area (Å²) in [6.45, 7) is 7.49. The molecular weight excluding hydrogens is 574 g/mol. The maximum absolute atomic E-state index is 14.1. The van der Waals surface area contributed by atoms with E-state index in [2.05, 4.69) is 16.1 Å². The van der Waals surface area contributed by atoms with Crippen molar-refractivity contribution in [2.75, 3.05) is 13.7 Å². The molecule has 1 spiro atoms. The number of rotatable bonds is 2. The van der Waals surface area contributed by atoms with Gasteiger partial charge >= 0.3 is 5.97 Å². The number of ether oxygens (including phenoxy) is 2. The number of amides is 3. The van der Waals surface area contributed by atoms with Crippen molar-refractivity contribution < 1.29 is 28.7 Å². The largest absolute Gasteiger partial charge is 0.455 e. The minimum atomic E-state index is -0.890. The molecule has 1 aliphatic carbocycles. The molecule has 1 saturated heterocycles. The molecule has 1 aromatic carbocycles. The van der Waals surface area contributed by atoms with Gasteiger partial charge in [0.2, 0.25) is 11.8 Å². The highest BCUT2D eigenvalue weighted by molar-refractivity contribution is 5.94. The maximum atomic E-state index is 14.1. The molecule has 1 aromatic heterocycles. The van der Waals surface area contributed by atoms with Crippen LogP contribution in [0.25, 0.3) is 17.0 Å². The van der Waals surface area contributed by atoms with Crippen LogP contribution in [0.15, 0.2) is 36.4 Å². The topological polar surface area (TPSA) is 139 Å². The van der Waals surface area contributed by atoms with Gasteiger partial charge in [-0.15, -0.1) is 0 Å². The van der Waals surface area contributed by atoms with E-state index in [4.69, 9.17) is 14.5 Å². The Hall–Kier alpha value is -3.83. The first kappa shape index (κ1) is 32.6. The Bertz CT molecular complexity index is 1470. The number of pyridine rings is 1. The zero-order valence-corrected chi connectivity index (χ0v) is 26.8. The molecule has 3 amide bonds. The van der Waals surface area contributed by atoms with E-state index in [1.807, 2.05) is 56.3 Å². The summed E-state index contributed by atoms with van der Waals surface area (Å²) < 4.78 is 11.4. The molecule has 1 saturated carbocycles. The summed E-state index contributed by atoms with van der Waals surface area (Å²) in [6.07, 6.45) is 7.00. The third-order valence-corrected chi connectivity index (χ3v) is 9.35. The van der Waals surface area contributed by atoms with Gasteiger partial charge in [-0.05, 0) is 76.0 Å². The molecule has 1 unspecified atom stereocenters.